The van der Waals surface area contributed by atoms with Gasteiger partial charge in [0.15, 0.2) is 5.13 Å². The van der Waals surface area contributed by atoms with Gasteiger partial charge in [-0.1, -0.05) is 11.3 Å². The van der Waals surface area contributed by atoms with Gasteiger partial charge in [-0.15, -0.1) is 0 Å². The Kier molecular flexibility index (Phi) is 4.15. The zero-order valence-corrected chi connectivity index (χ0v) is 16.0. The van der Waals surface area contributed by atoms with Crippen LogP contribution in [0.15, 0.2) is 0 Å². The van der Waals surface area contributed by atoms with Crippen LogP contribution in [0.2, 0.25) is 0 Å². The van der Waals surface area contributed by atoms with E-state index in [1.165, 1.54) is 11.3 Å². The van der Waals surface area contributed by atoms with Crippen molar-refractivity contribution in [2.75, 3.05) is 24.5 Å². The van der Waals surface area contributed by atoms with Gasteiger partial charge in [0.1, 0.15) is 11.3 Å². The molecule has 0 spiro atoms. The van der Waals surface area contributed by atoms with Gasteiger partial charge >= 0.3 is 12.0 Å². The minimum Gasteiger partial charge on any atom is -0.444 e. The van der Waals surface area contributed by atoms with Gasteiger partial charge in [0, 0.05) is 25.2 Å². The number of thiazole rings is 1. The Balaban J connectivity index is 1.60. The number of carbonyl (C=O) groups excluding carboxylic acids is 1. The van der Waals surface area contributed by atoms with Crippen molar-refractivity contribution < 1.29 is 18.3 Å². The van der Waals surface area contributed by atoms with Crippen LogP contribution in [0.1, 0.15) is 44.2 Å². The van der Waals surface area contributed by atoms with E-state index in [9.17, 15) is 13.6 Å². The molecule has 3 aliphatic heterocycles. The Morgan fingerprint density at radius 3 is 2.58 bits per heavy atom. The number of amides is 1. The number of nitrogens with zero attached hydrogens (tertiary/aromatic N) is 3. The highest BCUT2D eigenvalue weighted by Gasteiger charge is 2.47. The predicted octanol–water partition coefficient (Wildman–Crippen LogP) is 2.93. The van der Waals surface area contributed by atoms with Crippen molar-refractivity contribution in [2.45, 2.75) is 63.8 Å². The Hall–Kier alpha value is -1.48. The summed E-state index contributed by atoms with van der Waals surface area (Å²) in [6.07, 6.45) is 1.41. The van der Waals surface area contributed by atoms with E-state index in [2.05, 4.69) is 15.2 Å². The van der Waals surface area contributed by atoms with Gasteiger partial charge in [0.25, 0.3) is 0 Å². The van der Waals surface area contributed by atoms with Gasteiger partial charge in [0.2, 0.25) is 0 Å². The van der Waals surface area contributed by atoms with Crippen LogP contribution in [0.4, 0.5) is 18.7 Å². The highest BCUT2D eigenvalue weighted by atomic mass is 32.1. The number of aromatic nitrogens is 1. The molecule has 26 heavy (non-hydrogen) atoms. The molecule has 2 atom stereocenters. The molecule has 1 amide bonds. The van der Waals surface area contributed by atoms with Crippen molar-refractivity contribution in [1.29, 1.82) is 0 Å². The molecule has 2 bridgehead atoms. The molecule has 0 radical (unpaired) electrons. The molecule has 2 saturated heterocycles. The maximum atomic E-state index is 14.7. The third-order valence-electron chi connectivity index (χ3n) is 5.01. The van der Waals surface area contributed by atoms with Crippen molar-refractivity contribution in [3.05, 3.63) is 10.6 Å². The first-order chi connectivity index (χ1) is 12.1. The van der Waals surface area contributed by atoms with E-state index in [1.807, 2.05) is 0 Å². The van der Waals surface area contributed by atoms with Crippen molar-refractivity contribution in [2.24, 2.45) is 0 Å². The minimum atomic E-state index is -3.16. The summed E-state index contributed by atoms with van der Waals surface area (Å²) >= 11 is 1.29. The normalized spacial score (nSPS) is 27.4. The van der Waals surface area contributed by atoms with Crippen LogP contribution < -0.4 is 10.2 Å². The number of fused-ring (bicyclic) bond motifs is 3. The minimum absolute atomic E-state index is 0.124. The number of anilines is 1. The summed E-state index contributed by atoms with van der Waals surface area (Å²) in [4.78, 5) is 20.3. The maximum absolute atomic E-state index is 14.7. The number of halogens is 2. The smallest absolute Gasteiger partial charge is 0.410 e. The molecule has 9 heteroatoms. The number of alkyl halides is 2. The number of nitrogens with one attached hydrogen (secondary N) is 1. The summed E-state index contributed by atoms with van der Waals surface area (Å²) in [5.41, 5.74) is -0.888. The van der Waals surface area contributed by atoms with Gasteiger partial charge in [-0.2, -0.15) is 8.78 Å². The monoisotopic (exact) mass is 386 g/mol. The van der Waals surface area contributed by atoms with E-state index >= 15 is 0 Å². The fourth-order valence-electron chi connectivity index (χ4n) is 3.93. The Labute approximate surface area is 155 Å². The molecule has 2 fully saturated rings. The largest absolute Gasteiger partial charge is 0.444 e. The Bertz CT molecular complexity index is 702. The molecule has 3 aliphatic rings. The van der Waals surface area contributed by atoms with Crippen molar-refractivity contribution in [3.63, 3.8) is 0 Å². The third kappa shape index (κ3) is 3.15. The first kappa shape index (κ1) is 17.9. The highest BCUT2D eigenvalue weighted by molar-refractivity contribution is 7.15. The quantitative estimate of drug-likeness (QED) is 0.804. The van der Waals surface area contributed by atoms with E-state index < -0.39 is 24.2 Å². The summed E-state index contributed by atoms with van der Waals surface area (Å²) in [6, 6.07) is 0.633. The zero-order valence-electron chi connectivity index (χ0n) is 15.2. The van der Waals surface area contributed by atoms with E-state index in [0.717, 1.165) is 30.8 Å². The van der Waals surface area contributed by atoms with Crippen molar-refractivity contribution in [1.82, 2.24) is 15.2 Å². The fourth-order valence-corrected chi connectivity index (χ4v) is 5.21. The third-order valence-corrected chi connectivity index (χ3v) is 6.06. The lowest BCUT2D eigenvalue weighted by Crippen LogP contribution is -2.52. The second-order valence-electron chi connectivity index (χ2n) is 8.26. The summed E-state index contributed by atoms with van der Waals surface area (Å²) in [5, 5.41) is 4.05. The predicted molar refractivity (Wildman–Crippen MR) is 94.8 cm³/mol. The Morgan fingerprint density at radius 1 is 1.31 bits per heavy atom. The standard InChI is InChI=1S/C17H24F2N4O2S/c1-16(2,3)25-15(24)22-8-12-13(17(18,19)9-22)21-14(26-12)23-10-4-5-11(23)7-20-6-10/h10-11,20H,4-9H2,1-3H3. The lowest BCUT2D eigenvalue weighted by atomic mass is 10.1. The molecule has 1 aromatic heterocycles. The molecule has 4 rings (SSSR count). The van der Waals surface area contributed by atoms with Gasteiger partial charge in [0.05, 0.1) is 18.0 Å². The molecule has 0 aromatic carbocycles. The first-order valence-corrected chi connectivity index (χ1v) is 9.81. The topological polar surface area (TPSA) is 57.7 Å². The molecular formula is C17H24F2N4O2S. The number of carbonyl (C=O) groups is 1. The van der Waals surface area contributed by atoms with Crippen LogP contribution in [0, 0.1) is 0 Å². The van der Waals surface area contributed by atoms with Crippen LogP contribution in [0.5, 0.6) is 0 Å². The second-order valence-corrected chi connectivity index (χ2v) is 9.32. The van der Waals surface area contributed by atoms with Crippen molar-refractivity contribution in [3.8, 4) is 0 Å². The first-order valence-electron chi connectivity index (χ1n) is 8.99. The van der Waals surface area contributed by atoms with E-state index in [4.69, 9.17) is 4.74 Å². The average Bonchev–Trinajstić information content (AvgIpc) is 3.04. The van der Waals surface area contributed by atoms with Gasteiger partial charge in [-0.25, -0.2) is 9.78 Å². The Morgan fingerprint density at radius 2 is 1.96 bits per heavy atom. The van der Waals surface area contributed by atoms with Gasteiger partial charge in [-0.05, 0) is 33.6 Å². The summed E-state index contributed by atoms with van der Waals surface area (Å²) in [7, 11) is 0. The number of hydrogen-bond donors (Lipinski definition) is 1. The number of rotatable bonds is 1. The molecule has 0 saturated carbocycles. The van der Waals surface area contributed by atoms with Crippen LogP contribution in [0.3, 0.4) is 0 Å². The molecule has 1 N–H and O–H groups in total. The van der Waals surface area contributed by atoms with Gasteiger partial charge in [-0.3, -0.25) is 4.90 Å². The molecule has 6 nitrogen and oxygen atoms in total. The lowest BCUT2D eigenvalue weighted by Gasteiger charge is -2.35. The molecule has 2 unspecified atom stereocenters. The number of hydrogen-bond acceptors (Lipinski definition) is 6. The van der Waals surface area contributed by atoms with Gasteiger partial charge < -0.3 is 15.0 Å². The lowest BCUT2D eigenvalue weighted by molar-refractivity contribution is -0.0611. The van der Waals surface area contributed by atoms with Crippen LogP contribution >= 0.6 is 11.3 Å². The molecular weight excluding hydrogens is 362 g/mol. The van der Waals surface area contributed by atoms with Crippen LogP contribution in [-0.4, -0.2) is 53.3 Å². The summed E-state index contributed by atoms with van der Waals surface area (Å²) < 4.78 is 34.7. The second kappa shape index (κ2) is 6.02. The van der Waals surface area contributed by atoms with Crippen molar-refractivity contribution >= 4 is 22.6 Å². The number of piperazine rings is 1. The summed E-state index contributed by atoms with van der Waals surface area (Å²) in [5.74, 6) is -3.16. The molecule has 0 aliphatic carbocycles. The molecule has 144 valence electrons. The molecule has 1 aromatic rings. The van der Waals surface area contributed by atoms with Crippen LogP contribution in [-0.2, 0) is 17.2 Å². The number of ether oxygens (including phenoxy) is 1. The van der Waals surface area contributed by atoms with E-state index in [1.54, 1.807) is 20.8 Å². The summed E-state index contributed by atoms with van der Waals surface area (Å²) in [6.45, 7) is 6.34. The SMILES string of the molecule is CC(C)(C)OC(=O)N1Cc2sc(N3C4CCC3CNC4)nc2C(F)(F)C1. The van der Waals surface area contributed by atoms with Crippen LogP contribution in [0.25, 0.3) is 0 Å². The highest BCUT2D eigenvalue weighted by Crippen LogP contribution is 2.44. The zero-order chi connectivity index (χ0) is 18.7. The molecule has 4 heterocycles. The van der Waals surface area contributed by atoms with E-state index in [-0.39, 0.29) is 12.2 Å². The fraction of sp³-hybridized carbons (Fsp3) is 0.765. The van der Waals surface area contributed by atoms with E-state index in [0.29, 0.717) is 22.1 Å². The average molecular weight is 386 g/mol. The maximum Gasteiger partial charge on any atom is 0.410 e.